The third-order valence-corrected chi connectivity index (χ3v) is 2.64. The van der Waals surface area contributed by atoms with Crippen LogP contribution in [0.15, 0.2) is 42.5 Å². The fourth-order valence-corrected chi connectivity index (χ4v) is 1.78. The Labute approximate surface area is 109 Å². The molecule has 2 heterocycles. The van der Waals surface area contributed by atoms with E-state index in [-0.39, 0.29) is 0 Å². The maximum atomic E-state index is 5.41. The molecule has 0 fully saturated rings. The molecule has 0 unspecified atom stereocenters. The molecule has 6 nitrogen and oxygen atoms in total. The van der Waals surface area contributed by atoms with Crippen LogP contribution in [0, 0.1) is 0 Å². The van der Waals surface area contributed by atoms with E-state index < -0.39 is 0 Å². The summed E-state index contributed by atoms with van der Waals surface area (Å²) in [5.74, 6) is 1.20. The van der Waals surface area contributed by atoms with Crippen molar-refractivity contribution in [3.05, 3.63) is 42.5 Å². The smallest absolute Gasteiger partial charge is 0.231 e. The summed E-state index contributed by atoms with van der Waals surface area (Å²) in [4.78, 5) is 0. The molecule has 0 atom stereocenters. The minimum Gasteiger partial charge on any atom is -0.475 e. The average Bonchev–Trinajstić information content (AvgIpc) is 2.89. The first-order valence-corrected chi connectivity index (χ1v) is 5.99. The van der Waals surface area contributed by atoms with Gasteiger partial charge in [-0.3, -0.25) is 0 Å². The van der Waals surface area contributed by atoms with Crippen molar-refractivity contribution in [2.24, 2.45) is 5.73 Å². The number of fused-ring (bicyclic) bond motifs is 1. The van der Waals surface area contributed by atoms with Crippen LogP contribution in [0.1, 0.15) is 0 Å². The Morgan fingerprint density at radius 2 is 1.89 bits per heavy atom. The standard InChI is InChI=1S/C13H13N5O/c14-8-9-19-12-7-6-11-15-16-13(18(11)17-12)10-4-2-1-3-5-10/h1-7H,8-9,14H2. The van der Waals surface area contributed by atoms with E-state index in [1.54, 1.807) is 10.6 Å². The summed E-state index contributed by atoms with van der Waals surface area (Å²) in [5, 5.41) is 12.6. The van der Waals surface area contributed by atoms with E-state index in [9.17, 15) is 0 Å². The molecule has 3 rings (SSSR count). The van der Waals surface area contributed by atoms with Crippen molar-refractivity contribution in [1.82, 2.24) is 19.8 Å². The normalized spacial score (nSPS) is 10.8. The van der Waals surface area contributed by atoms with E-state index in [2.05, 4.69) is 15.3 Å². The second-order valence-electron chi connectivity index (χ2n) is 3.97. The highest BCUT2D eigenvalue weighted by Gasteiger charge is 2.09. The summed E-state index contributed by atoms with van der Waals surface area (Å²) in [6.45, 7) is 0.884. The van der Waals surface area contributed by atoms with Gasteiger partial charge in [-0.2, -0.15) is 4.52 Å². The summed E-state index contributed by atoms with van der Waals surface area (Å²) in [7, 11) is 0. The molecule has 96 valence electrons. The second kappa shape index (κ2) is 5.03. The predicted molar refractivity (Wildman–Crippen MR) is 70.8 cm³/mol. The Bertz CT molecular complexity index is 680. The summed E-state index contributed by atoms with van der Waals surface area (Å²) < 4.78 is 7.08. The number of hydrogen-bond donors (Lipinski definition) is 1. The molecule has 19 heavy (non-hydrogen) atoms. The fourth-order valence-electron chi connectivity index (χ4n) is 1.78. The number of nitrogens with two attached hydrogens (primary N) is 1. The Hall–Kier alpha value is -2.47. The van der Waals surface area contributed by atoms with Gasteiger partial charge in [-0.25, -0.2) is 0 Å². The van der Waals surface area contributed by atoms with Crippen molar-refractivity contribution in [3.8, 4) is 17.3 Å². The Kier molecular flexibility index (Phi) is 3.07. The number of aromatic nitrogens is 4. The molecule has 0 aliphatic rings. The molecule has 0 aliphatic carbocycles. The Morgan fingerprint density at radius 3 is 2.68 bits per heavy atom. The third-order valence-electron chi connectivity index (χ3n) is 2.64. The molecular formula is C13H13N5O. The lowest BCUT2D eigenvalue weighted by atomic mass is 10.2. The molecule has 0 saturated carbocycles. The van der Waals surface area contributed by atoms with Crippen LogP contribution < -0.4 is 10.5 Å². The minimum atomic E-state index is 0.432. The predicted octanol–water partition coefficient (Wildman–Crippen LogP) is 1.13. The summed E-state index contributed by atoms with van der Waals surface area (Å²) in [5.41, 5.74) is 7.04. The average molecular weight is 255 g/mol. The first kappa shape index (κ1) is 11.6. The highest BCUT2D eigenvalue weighted by molar-refractivity contribution is 5.58. The van der Waals surface area contributed by atoms with Crippen molar-refractivity contribution >= 4 is 5.65 Å². The van der Waals surface area contributed by atoms with Crippen LogP contribution in [0.3, 0.4) is 0 Å². The minimum absolute atomic E-state index is 0.432. The van der Waals surface area contributed by atoms with Gasteiger partial charge in [0.1, 0.15) is 6.61 Å². The zero-order valence-corrected chi connectivity index (χ0v) is 10.2. The van der Waals surface area contributed by atoms with E-state index in [1.165, 1.54) is 0 Å². The van der Waals surface area contributed by atoms with Crippen LogP contribution in [0.2, 0.25) is 0 Å². The maximum absolute atomic E-state index is 5.41. The molecular weight excluding hydrogens is 242 g/mol. The lowest BCUT2D eigenvalue weighted by molar-refractivity contribution is 0.310. The summed E-state index contributed by atoms with van der Waals surface area (Å²) in [6, 6.07) is 13.4. The fraction of sp³-hybridized carbons (Fsp3) is 0.154. The van der Waals surface area contributed by atoms with Crippen LogP contribution in [-0.2, 0) is 0 Å². The van der Waals surface area contributed by atoms with Gasteiger partial charge in [-0.1, -0.05) is 30.3 Å². The van der Waals surface area contributed by atoms with E-state index in [4.69, 9.17) is 10.5 Å². The van der Waals surface area contributed by atoms with Gasteiger partial charge in [0.25, 0.3) is 0 Å². The lowest BCUT2D eigenvalue weighted by Gasteiger charge is -2.04. The molecule has 0 bridgehead atoms. The van der Waals surface area contributed by atoms with E-state index >= 15 is 0 Å². The summed E-state index contributed by atoms with van der Waals surface area (Å²) in [6.07, 6.45) is 0. The van der Waals surface area contributed by atoms with Gasteiger partial charge in [0, 0.05) is 18.2 Å². The van der Waals surface area contributed by atoms with Crippen LogP contribution in [0.25, 0.3) is 17.0 Å². The van der Waals surface area contributed by atoms with Gasteiger partial charge in [-0.05, 0) is 6.07 Å². The first-order valence-electron chi connectivity index (χ1n) is 5.99. The highest BCUT2D eigenvalue weighted by Crippen LogP contribution is 2.18. The SMILES string of the molecule is NCCOc1ccc2nnc(-c3ccccc3)n2n1. The van der Waals surface area contributed by atoms with Gasteiger partial charge in [0.05, 0.1) is 0 Å². The van der Waals surface area contributed by atoms with Crippen molar-refractivity contribution < 1.29 is 4.74 Å². The third kappa shape index (κ3) is 2.25. The molecule has 0 aliphatic heterocycles. The van der Waals surface area contributed by atoms with Crippen molar-refractivity contribution in [2.45, 2.75) is 0 Å². The number of hydrogen-bond acceptors (Lipinski definition) is 5. The van der Waals surface area contributed by atoms with Crippen molar-refractivity contribution in [3.63, 3.8) is 0 Å². The van der Waals surface area contributed by atoms with Gasteiger partial charge in [0.2, 0.25) is 5.88 Å². The number of benzene rings is 1. The lowest BCUT2D eigenvalue weighted by Crippen LogP contribution is -2.12. The van der Waals surface area contributed by atoms with Crippen LogP contribution in [-0.4, -0.2) is 33.0 Å². The van der Waals surface area contributed by atoms with Crippen LogP contribution in [0.4, 0.5) is 0 Å². The van der Waals surface area contributed by atoms with Gasteiger partial charge in [0.15, 0.2) is 11.5 Å². The largest absolute Gasteiger partial charge is 0.475 e. The van der Waals surface area contributed by atoms with Gasteiger partial charge in [-0.15, -0.1) is 15.3 Å². The van der Waals surface area contributed by atoms with Crippen molar-refractivity contribution in [1.29, 1.82) is 0 Å². The molecule has 3 aromatic rings. The Morgan fingerprint density at radius 1 is 1.05 bits per heavy atom. The zero-order valence-electron chi connectivity index (χ0n) is 10.2. The number of ether oxygens (including phenoxy) is 1. The molecule has 0 radical (unpaired) electrons. The molecule has 2 N–H and O–H groups in total. The zero-order chi connectivity index (χ0) is 13.1. The number of nitrogens with zero attached hydrogens (tertiary/aromatic N) is 4. The van der Waals surface area contributed by atoms with Crippen molar-refractivity contribution in [2.75, 3.05) is 13.2 Å². The van der Waals surface area contributed by atoms with Crippen LogP contribution >= 0.6 is 0 Å². The monoisotopic (exact) mass is 255 g/mol. The molecule has 0 amide bonds. The topological polar surface area (TPSA) is 78.3 Å². The quantitative estimate of drug-likeness (QED) is 0.756. The highest BCUT2D eigenvalue weighted by atomic mass is 16.5. The first-order chi connectivity index (χ1) is 9.38. The molecule has 0 spiro atoms. The summed E-state index contributed by atoms with van der Waals surface area (Å²) >= 11 is 0. The van der Waals surface area contributed by atoms with E-state index in [0.717, 1.165) is 5.56 Å². The number of rotatable bonds is 4. The molecule has 2 aromatic heterocycles. The molecule has 6 heteroatoms. The molecule has 1 aromatic carbocycles. The second-order valence-corrected chi connectivity index (χ2v) is 3.97. The maximum Gasteiger partial charge on any atom is 0.231 e. The van der Waals surface area contributed by atoms with Gasteiger partial charge >= 0.3 is 0 Å². The van der Waals surface area contributed by atoms with E-state index in [0.29, 0.717) is 30.5 Å². The van der Waals surface area contributed by atoms with E-state index in [1.807, 2.05) is 36.4 Å². The van der Waals surface area contributed by atoms with Crippen LogP contribution in [0.5, 0.6) is 5.88 Å². The van der Waals surface area contributed by atoms with Gasteiger partial charge < -0.3 is 10.5 Å². The molecule has 0 saturated heterocycles. The Balaban J connectivity index is 2.05.